The minimum absolute atomic E-state index is 0.0464. The Labute approximate surface area is 170 Å². The van der Waals surface area contributed by atoms with Gasteiger partial charge in [0.05, 0.1) is 13.2 Å². The van der Waals surface area contributed by atoms with Crippen LogP contribution in [0.3, 0.4) is 0 Å². The number of methoxy groups -OCH3 is 1. The van der Waals surface area contributed by atoms with Crippen molar-refractivity contribution in [3.05, 3.63) is 59.7 Å². The smallest absolute Gasteiger partial charge is 0.251 e. The fourth-order valence-electron chi connectivity index (χ4n) is 2.50. The van der Waals surface area contributed by atoms with Crippen LogP contribution >= 0.6 is 0 Å². The predicted octanol–water partition coefficient (Wildman–Crippen LogP) is 1.86. The van der Waals surface area contributed by atoms with E-state index in [1.54, 1.807) is 55.6 Å². The first-order valence-electron chi connectivity index (χ1n) is 9.32. The van der Waals surface area contributed by atoms with E-state index in [-0.39, 0.29) is 24.3 Å². The Hall–Kier alpha value is -3.39. The van der Waals surface area contributed by atoms with Crippen LogP contribution in [0.4, 0.5) is 11.4 Å². The maximum Gasteiger partial charge on any atom is 0.251 e. The average Bonchev–Trinajstić information content (AvgIpc) is 2.73. The highest BCUT2D eigenvalue weighted by Crippen LogP contribution is 2.12. The maximum atomic E-state index is 12.2. The molecule has 0 atom stereocenters. The van der Waals surface area contributed by atoms with Crippen LogP contribution in [0.25, 0.3) is 0 Å². The minimum atomic E-state index is -0.251. The molecule has 0 aliphatic carbocycles. The molecule has 0 unspecified atom stereocenters. The van der Waals surface area contributed by atoms with Crippen molar-refractivity contribution in [3.8, 4) is 0 Å². The lowest BCUT2D eigenvalue weighted by Gasteiger charge is -2.10. The lowest BCUT2D eigenvalue weighted by molar-refractivity contribution is -0.114. The van der Waals surface area contributed by atoms with E-state index in [0.717, 1.165) is 0 Å². The molecular formula is C21H26N4O4. The molecule has 0 aliphatic heterocycles. The third kappa shape index (κ3) is 7.27. The van der Waals surface area contributed by atoms with E-state index in [0.29, 0.717) is 42.2 Å². The van der Waals surface area contributed by atoms with Crippen molar-refractivity contribution < 1.29 is 19.1 Å². The summed E-state index contributed by atoms with van der Waals surface area (Å²) in [6.07, 6.45) is 0. The number of carbonyl (C=O) groups excluding carboxylic acids is 3. The zero-order valence-corrected chi connectivity index (χ0v) is 16.6. The molecule has 4 N–H and O–H groups in total. The first-order chi connectivity index (χ1) is 14.0. The van der Waals surface area contributed by atoms with Crippen LogP contribution in [0.2, 0.25) is 0 Å². The molecular weight excluding hydrogens is 372 g/mol. The topological polar surface area (TPSA) is 109 Å². The van der Waals surface area contributed by atoms with E-state index < -0.39 is 0 Å². The van der Waals surface area contributed by atoms with Crippen molar-refractivity contribution in [3.63, 3.8) is 0 Å². The summed E-state index contributed by atoms with van der Waals surface area (Å²) in [6, 6.07) is 13.6. The van der Waals surface area contributed by atoms with Gasteiger partial charge in [0, 0.05) is 42.7 Å². The highest BCUT2D eigenvalue weighted by atomic mass is 16.5. The van der Waals surface area contributed by atoms with Gasteiger partial charge in [-0.3, -0.25) is 14.4 Å². The van der Waals surface area contributed by atoms with E-state index in [4.69, 9.17) is 4.74 Å². The summed E-state index contributed by atoms with van der Waals surface area (Å²) in [7, 11) is 1.57. The van der Waals surface area contributed by atoms with Gasteiger partial charge in [0.15, 0.2) is 0 Å². The molecule has 154 valence electrons. The van der Waals surface area contributed by atoms with Crippen LogP contribution in [0.15, 0.2) is 48.5 Å². The van der Waals surface area contributed by atoms with E-state index in [1.807, 2.05) is 6.92 Å². The summed E-state index contributed by atoms with van der Waals surface area (Å²) in [5.41, 5.74) is 2.27. The Kier molecular flexibility index (Phi) is 8.65. The number of benzene rings is 2. The summed E-state index contributed by atoms with van der Waals surface area (Å²) in [6.45, 7) is 3.32. The molecule has 2 aromatic rings. The van der Waals surface area contributed by atoms with Gasteiger partial charge < -0.3 is 26.0 Å². The summed E-state index contributed by atoms with van der Waals surface area (Å²) in [4.78, 5) is 36.0. The fraction of sp³-hybridized carbons (Fsp3) is 0.286. The second-order valence-corrected chi connectivity index (χ2v) is 6.17. The molecule has 0 heterocycles. The van der Waals surface area contributed by atoms with Crippen LogP contribution in [0.1, 0.15) is 27.6 Å². The van der Waals surface area contributed by atoms with Gasteiger partial charge in [-0.2, -0.15) is 0 Å². The third-order valence-corrected chi connectivity index (χ3v) is 3.94. The molecule has 2 aromatic carbocycles. The molecule has 0 saturated heterocycles. The van der Waals surface area contributed by atoms with E-state index >= 15 is 0 Å². The first kappa shape index (κ1) is 21.9. The number of hydrogen-bond donors (Lipinski definition) is 4. The lowest BCUT2D eigenvalue weighted by atomic mass is 10.2. The highest BCUT2D eigenvalue weighted by Gasteiger charge is 2.08. The Balaban J connectivity index is 1.84. The van der Waals surface area contributed by atoms with Gasteiger partial charge >= 0.3 is 0 Å². The second kappa shape index (κ2) is 11.5. The van der Waals surface area contributed by atoms with Gasteiger partial charge in [0.2, 0.25) is 5.91 Å². The molecule has 0 radical (unpaired) electrons. The third-order valence-electron chi connectivity index (χ3n) is 3.94. The molecule has 0 saturated carbocycles. The number of amides is 3. The van der Waals surface area contributed by atoms with E-state index in [2.05, 4.69) is 21.3 Å². The van der Waals surface area contributed by atoms with Gasteiger partial charge in [-0.25, -0.2) is 0 Å². The number of anilines is 2. The van der Waals surface area contributed by atoms with E-state index in [9.17, 15) is 14.4 Å². The van der Waals surface area contributed by atoms with Crippen molar-refractivity contribution >= 4 is 29.1 Å². The molecule has 3 amide bonds. The van der Waals surface area contributed by atoms with Crippen LogP contribution < -0.4 is 21.3 Å². The maximum absolute atomic E-state index is 12.2. The molecule has 2 rings (SSSR count). The SMILES string of the molecule is CCNC(=O)c1cccc(NC(=O)CNc2ccc(C(=O)NCCOC)cc2)c1. The number of ether oxygens (including phenoxy) is 1. The quantitative estimate of drug-likeness (QED) is 0.457. The Bertz CT molecular complexity index is 837. The minimum Gasteiger partial charge on any atom is -0.383 e. The number of nitrogens with one attached hydrogen (secondary N) is 4. The standard InChI is InChI=1S/C21H26N4O4/c1-3-22-21(28)16-5-4-6-18(13-16)25-19(26)14-24-17-9-7-15(8-10-17)20(27)23-11-12-29-2/h4-10,13,24H,3,11-12,14H2,1-2H3,(H,22,28)(H,23,27)(H,25,26). The molecule has 0 spiro atoms. The Morgan fingerprint density at radius 3 is 2.31 bits per heavy atom. The molecule has 8 heteroatoms. The number of carbonyl (C=O) groups is 3. The second-order valence-electron chi connectivity index (χ2n) is 6.17. The monoisotopic (exact) mass is 398 g/mol. The van der Waals surface area contributed by atoms with Crippen LogP contribution in [-0.4, -0.2) is 51.1 Å². The summed E-state index contributed by atoms with van der Waals surface area (Å²) in [5, 5.41) is 11.2. The predicted molar refractivity (Wildman–Crippen MR) is 112 cm³/mol. The van der Waals surface area contributed by atoms with Crippen molar-refractivity contribution in [1.29, 1.82) is 0 Å². The molecule has 0 aromatic heterocycles. The lowest BCUT2D eigenvalue weighted by Crippen LogP contribution is -2.27. The zero-order valence-electron chi connectivity index (χ0n) is 16.6. The van der Waals surface area contributed by atoms with Gasteiger partial charge in [0.1, 0.15) is 0 Å². The van der Waals surface area contributed by atoms with E-state index in [1.165, 1.54) is 0 Å². The number of hydrogen-bond acceptors (Lipinski definition) is 5. The Morgan fingerprint density at radius 1 is 0.897 bits per heavy atom. The summed E-state index contributed by atoms with van der Waals surface area (Å²) in [5.74, 6) is -0.620. The normalized spacial score (nSPS) is 10.1. The van der Waals surface area contributed by atoms with Crippen LogP contribution in [0.5, 0.6) is 0 Å². The fourth-order valence-corrected chi connectivity index (χ4v) is 2.50. The first-order valence-corrected chi connectivity index (χ1v) is 9.32. The molecule has 0 aliphatic rings. The average molecular weight is 398 g/mol. The molecule has 29 heavy (non-hydrogen) atoms. The van der Waals surface area contributed by atoms with Crippen molar-refractivity contribution in [1.82, 2.24) is 10.6 Å². The number of rotatable bonds is 10. The molecule has 8 nitrogen and oxygen atoms in total. The zero-order chi connectivity index (χ0) is 21.1. The largest absolute Gasteiger partial charge is 0.383 e. The summed E-state index contributed by atoms with van der Waals surface area (Å²) < 4.78 is 4.89. The van der Waals surface area contributed by atoms with Gasteiger partial charge in [-0.1, -0.05) is 6.07 Å². The van der Waals surface area contributed by atoms with Crippen molar-refractivity contribution in [2.24, 2.45) is 0 Å². The molecule has 0 bridgehead atoms. The van der Waals surface area contributed by atoms with Crippen LogP contribution in [-0.2, 0) is 9.53 Å². The van der Waals surface area contributed by atoms with Gasteiger partial charge in [-0.15, -0.1) is 0 Å². The summed E-state index contributed by atoms with van der Waals surface area (Å²) >= 11 is 0. The van der Waals surface area contributed by atoms with Gasteiger partial charge in [-0.05, 0) is 49.4 Å². The van der Waals surface area contributed by atoms with Crippen molar-refractivity contribution in [2.75, 3.05) is 44.0 Å². The van der Waals surface area contributed by atoms with Crippen LogP contribution in [0, 0.1) is 0 Å². The van der Waals surface area contributed by atoms with Crippen molar-refractivity contribution in [2.45, 2.75) is 6.92 Å². The Morgan fingerprint density at radius 2 is 1.62 bits per heavy atom. The highest BCUT2D eigenvalue weighted by molar-refractivity contribution is 5.98. The van der Waals surface area contributed by atoms with Gasteiger partial charge in [0.25, 0.3) is 11.8 Å². The molecule has 0 fully saturated rings.